The third-order valence-corrected chi connectivity index (χ3v) is 4.40. The van der Waals surface area contributed by atoms with Gasteiger partial charge in [-0.1, -0.05) is 6.07 Å². The monoisotopic (exact) mass is 324 g/mol. The molecule has 0 amide bonds. The van der Waals surface area contributed by atoms with E-state index in [1.807, 2.05) is 16.5 Å². The van der Waals surface area contributed by atoms with Gasteiger partial charge in [0.2, 0.25) is 0 Å². The van der Waals surface area contributed by atoms with E-state index in [0.717, 1.165) is 30.3 Å². The van der Waals surface area contributed by atoms with Gasteiger partial charge in [0.05, 0.1) is 23.8 Å². The molecule has 0 spiro atoms. The number of nitrogens with zero attached hydrogens (tertiary/aromatic N) is 5. The zero-order valence-electron chi connectivity index (χ0n) is 13.3. The normalized spacial score (nSPS) is 16.5. The van der Waals surface area contributed by atoms with E-state index < -0.39 is 6.23 Å². The molecule has 1 aliphatic rings. The van der Waals surface area contributed by atoms with Crippen LogP contribution >= 0.6 is 0 Å². The number of aliphatic hydroxyl groups excluding tert-OH is 1. The summed E-state index contributed by atoms with van der Waals surface area (Å²) in [5.41, 5.74) is 8.31. The molecule has 0 unspecified atom stereocenters. The molecule has 0 aromatic carbocycles. The fourth-order valence-electron chi connectivity index (χ4n) is 3.11. The molecule has 3 aromatic rings. The van der Waals surface area contributed by atoms with Crippen LogP contribution in [0.2, 0.25) is 0 Å². The van der Waals surface area contributed by atoms with Gasteiger partial charge in [-0.15, -0.1) is 0 Å². The molecular formula is C17H20N6O. The Labute approximate surface area is 139 Å². The quantitative estimate of drug-likeness (QED) is 0.713. The number of aliphatic hydroxyl groups is 1. The highest BCUT2D eigenvalue weighted by atomic mass is 16.3. The number of fused-ring (bicyclic) bond motifs is 1. The van der Waals surface area contributed by atoms with Gasteiger partial charge in [0.1, 0.15) is 17.7 Å². The molecule has 0 saturated carbocycles. The number of piperidine rings is 1. The first-order valence-corrected chi connectivity index (χ1v) is 8.21. The van der Waals surface area contributed by atoms with Gasteiger partial charge < -0.3 is 15.7 Å². The molecule has 4 rings (SSSR count). The minimum absolute atomic E-state index is 0.397. The van der Waals surface area contributed by atoms with Crippen LogP contribution in [0.4, 0.5) is 5.82 Å². The van der Waals surface area contributed by atoms with E-state index in [1.54, 1.807) is 18.6 Å². The number of rotatable bonds is 3. The number of pyridine rings is 1. The summed E-state index contributed by atoms with van der Waals surface area (Å²) < 4.78 is 1.86. The van der Waals surface area contributed by atoms with Gasteiger partial charge in [-0.25, -0.2) is 9.97 Å². The molecule has 1 aliphatic heterocycles. The maximum absolute atomic E-state index is 9.56. The maximum Gasteiger partial charge on any atom is 0.155 e. The van der Waals surface area contributed by atoms with Crippen molar-refractivity contribution in [1.29, 1.82) is 0 Å². The van der Waals surface area contributed by atoms with E-state index >= 15 is 0 Å². The number of aromatic nitrogens is 4. The lowest BCUT2D eigenvalue weighted by atomic mass is 10.1. The SMILES string of the molecule is N[C@@H](O)c1cn2c(-c3cccc(N4CCCCC4)n3)cnc2cn1. The Morgan fingerprint density at radius 1 is 1.08 bits per heavy atom. The number of hydrogen-bond acceptors (Lipinski definition) is 6. The first-order valence-electron chi connectivity index (χ1n) is 8.21. The molecule has 124 valence electrons. The Bertz CT molecular complexity index is 853. The second kappa shape index (κ2) is 6.18. The van der Waals surface area contributed by atoms with Crippen molar-refractivity contribution in [3.8, 4) is 11.4 Å². The third-order valence-electron chi connectivity index (χ3n) is 4.40. The van der Waals surface area contributed by atoms with Crippen LogP contribution in [0.5, 0.6) is 0 Å². The highest BCUT2D eigenvalue weighted by molar-refractivity contribution is 5.62. The lowest BCUT2D eigenvalue weighted by Gasteiger charge is -2.27. The standard InChI is InChI=1S/C17H20N6O/c18-17(24)13-11-23-14(9-20-16(23)10-19-13)12-5-4-6-15(21-12)22-7-2-1-3-8-22/h4-6,9-11,17,24H,1-3,7-8,18H2/t17-/m0/s1. The molecule has 7 heteroatoms. The van der Waals surface area contributed by atoms with Crippen molar-refractivity contribution in [3.05, 3.63) is 42.5 Å². The molecule has 3 N–H and O–H groups in total. The molecule has 0 radical (unpaired) electrons. The van der Waals surface area contributed by atoms with Crippen LogP contribution in [0.1, 0.15) is 31.2 Å². The molecule has 4 heterocycles. The van der Waals surface area contributed by atoms with Gasteiger partial charge in [-0.2, -0.15) is 0 Å². The van der Waals surface area contributed by atoms with Gasteiger partial charge >= 0.3 is 0 Å². The lowest BCUT2D eigenvalue weighted by molar-refractivity contribution is 0.181. The van der Waals surface area contributed by atoms with E-state index in [-0.39, 0.29) is 0 Å². The van der Waals surface area contributed by atoms with Gasteiger partial charge in [-0.05, 0) is 31.4 Å². The summed E-state index contributed by atoms with van der Waals surface area (Å²) in [4.78, 5) is 15.6. The van der Waals surface area contributed by atoms with Gasteiger partial charge in [0.15, 0.2) is 5.65 Å². The van der Waals surface area contributed by atoms with E-state index in [9.17, 15) is 5.11 Å². The second-order valence-corrected chi connectivity index (χ2v) is 6.06. The average Bonchev–Trinajstić information content (AvgIpc) is 3.05. The summed E-state index contributed by atoms with van der Waals surface area (Å²) in [5, 5.41) is 9.56. The molecule has 1 saturated heterocycles. The van der Waals surface area contributed by atoms with Crippen LogP contribution in [0.25, 0.3) is 17.0 Å². The zero-order valence-corrected chi connectivity index (χ0v) is 13.3. The van der Waals surface area contributed by atoms with E-state index in [2.05, 4.69) is 20.9 Å². The summed E-state index contributed by atoms with van der Waals surface area (Å²) >= 11 is 0. The highest BCUT2D eigenvalue weighted by Crippen LogP contribution is 2.24. The first kappa shape index (κ1) is 15.0. The van der Waals surface area contributed by atoms with E-state index in [1.165, 1.54) is 19.3 Å². The van der Waals surface area contributed by atoms with Gasteiger partial charge in [-0.3, -0.25) is 9.38 Å². The second-order valence-electron chi connectivity index (χ2n) is 6.06. The Morgan fingerprint density at radius 3 is 2.71 bits per heavy atom. The molecule has 0 bridgehead atoms. The predicted molar refractivity (Wildman–Crippen MR) is 91.4 cm³/mol. The predicted octanol–water partition coefficient (Wildman–Crippen LogP) is 1.73. The molecule has 0 aliphatic carbocycles. The summed E-state index contributed by atoms with van der Waals surface area (Å²) in [6, 6.07) is 6.04. The van der Waals surface area contributed by atoms with Crippen LogP contribution in [-0.4, -0.2) is 37.5 Å². The molecule has 3 aromatic heterocycles. The zero-order chi connectivity index (χ0) is 16.5. The number of hydrogen-bond donors (Lipinski definition) is 2. The smallest absolute Gasteiger partial charge is 0.155 e. The van der Waals surface area contributed by atoms with Crippen LogP contribution in [0.3, 0.4) is 0 Å². The minimum atomic E-state index is -1.11. The van der Waals surface area contributed by atoms with E-state index in [4.69, 9.17) is 10.7 Å². The molecule has 24 heavy (non-hydrogen) atoms. The fourth-order valence-corrected chi connectivity index (χ4v) is 3.11. The maximum atomic E-state index is 9.56. The number of anilines is 1. The Hall–Kier alpha value is -2.51. The van der Waals surface area contributed by atoms with Crippen molar-refractivity contribution in [3.63, 3.8) is 0 Å². The van der Waals surface area contributed by atoms with Crippen molar-refractivity contribution in [2.24, 2.45) is 5.73 Å². The summed E-state index contributed by atoms with van der Waals surface area (Å²) in [5.74, 6) is 0.996. The molecule has 7 nitrogen and oxygen atoms in total. The highest BCUT2D eigenvalue weighted by Gasteiger charge is 2.15. The van der Waals surface area contributed by atoms with Crippen LogP contribution in [0, 0.1) is 0 Å². The number of imidazole rings is 1. The third kappa shape index (κ3) is 2.72. The minimum Gasteiger partial charge on any atom is -0.373 e. The lowest BCUT2D eigenvalue weighted by Crippen LogP contribution is -2.30. The van der Waals surface area contributed by atoms with Gasteiger partial charge in [0.25, 0.3) is 0 Å². The van der Waals surface area contributed by atoms with Crippen LogP contribution in [-0.2, 0) is 0 Å². The van der Waals surface area contributed by atoms with Crippen LogP contribution < -0.4 is 10.6 Å². The fraction of sp³-hybridized carbons (Fsp3) is 0.353. The summed E-state index contributed by atoms with van der Waals surface area (Å²) in [6.07, 6.45) is 7.68. The average molecular weight is 324 g/mol. The van der Waals surface area contributed by atoms with Gasteiger partial charge in [0, 0.05) is 19.3 Å². The summed E-state index contributed by atoms with van der Waals surface area (Å²) in [7, 11) is 0. The number of nitrogens with two attached hydrogens (primary N) is 1. The summed E-state index contributed by atoms with van der Waals surface area (Å²) in [6.45, 7) is 2.11. The van der Waals surface area contributed by atoms with E-state index in [0.29, 0.717) is 11.3 Å². The Kier molecular flexibility index (Phi) is 3.87. The first-order chi connectivity index (χ1) is 11.7. The Morgan fingerprint density at radius 2 is 1.92 bits per heavy atom. The molecule has 1 atom stereocenters. The topological polar surface area (TPSA) is 92.6 Å². The molecule has 1 fully saturated rings. The molecular weight excluding hydrogens is 304 g/mol. The largest absolute Gasteiger partial charge is 0.373 e. The van der Waals surface area contributed by atoms with Crippen molar-refractivity contribution >= 4 is 11.5 Å². The Balaban J connectivity index is 1.75. The van der Waals surface area contributed by atoms with Crippen molar-refractivity contribution in [2.75, 3.05) is 18.0 Å². The van der Waals surface area contributed by atoms with Crippen molar-refractivity contribution < 1.29 is 5.11 Å². The van der Waals surface area contributed by atoms with Crippen LogP contribution in [0.15, 0.2) is 36.8 Å². The van der Waals surface area contributed by atoms with Crippen molar-refractivity contribution in [1.82, 2.24) is 19.4 Å². The van der Waals surface area contributed by atoms with Crippen molar-refractivity contribution in [2.45, 2.75) is 25.5 Å².